The van der Waals surface area contributed by atoms with Gasteiger partial charge in [-0.05, 0) is 58.7 Å². The first-order chi connectivity index (χ1) is 8.06. The Labute approximate surface area is 112 Å². The minimum Gasteiger partial charge on any atom is -0.399 e. The summed E-state index contributed by atoms with van der Waals surface area (Å²) in [5.74, 6) is -0.103. The molecule has 0 saturated carbocycles. The van der Waals surface area contributed by atoms with Gasteiger partial charge in [-0.15, -0.1) is 11.3 Å². The predicted molar refractivity (Wildman–Crippen MR) is 75.6 cm³/mol. The number of nitrogen functional groups attached to an aromatic ring is 1. The predicted octanol–water partition coefficient (Wildman–Crippen LogP) is 3.65. The molecule has 0 aliphatic heterocycles. The van der Waals surface area contributed by atoms with Crippen molar-refractivity contribution in [2.24, 2.45) is 0 Å². The molecule has 0 spiro atoms. The molecule has 1 amide bonds. The van der Waals surface area contributed by atoms with E-state index in [-0.39, 0.29) is 5.91 Å². The first-order valence-electron chi connectivity index (χ1n) is 4.99. The molecule has 88 valence electrons. The first kappa shape index (κ1) is 12.1. The fraction of sp³-hybridized carbons (Fsp3) is 0.0833. The molecule has 0 radical (unpaired) electrons. The van der Waals surface area contributed by atoms with Gasteiger partial charge in [0.05, 0.1) is 8.66 Å². The number of thiophene rings is 1. The Morgan fingerprint density at radius 2 is 2.12 bits per heavy atom. The van der Waals surface area contributed by atoms with Crippen LogP contribution in [0, 0.1) is 6.92 Å². The van der Waals surface area contributed by atoms with Crippen molar-refractivity contribution in [1.29, 1.82) is 0 Å². The molecular formula is C12H11BrN2OS. The Balaban J connectivity index is 2.18. The van der Waals surface area contributed by atoms with Gasteiger partial charge >= 0.3 is 0 Å². The number of aryl methyl sites for hydroxylation is 1. The number of hydrogen-bond donors (Lipinski definition) is 2. The zero-order valence-corrected chi connectivity index (χ0v) is 11.6. The Kier molecular flexibility index (Phi) is 3.49. The van der Waals surface area contributed by atoms with Crippen molar-refractivity contribution in [3.05, 3.63) is 44.6 Å². The lowest BCUT2D eigenvalue weighted by Gasteiger charge is -2.07. The van der Waals surface area contributed by atoms with E-state index >= 15 is 0 Å². The van der Waals surface area contributed by atoms with E-state index in [0.717, 1.165) is 15.0 Å². The molecule has 5 heteroatoms. The third-order valence-corrected chi connectivity index (χ3v) is 3.92. The summed E-state index contributed by atoms with van der Waals surface area (Å²) in [4.78, 5) is 12.6. The van der Waals surface area contributed by atoms with Crippen LogP contribution in [0.15, 0.2) is 34.1 Å². The summed E-state index contributed by atoms with van der Waals surface area (Å²) in [5, 5.41) is 2.86. The number of benzene rings is 1. The summed E-state index contributed by atoms with van der Waals surface area (Å²) in [6, 6.07) is 9.06. The van der Waals surface area contributed by atoms with Gasteiger partial charge in [0.25, 0.3) is 5.91 Å². The number of halogens is 1. The van der Waals surface area contributed by atoms with Crippen molar-refractivity contribution >= 4 is 44.5 Å². The third-order valence-electron chi connectivity index (χ3n) is 2.30. The maximum atomic E-state index is 11.9. The lowest BCUT2D eigenvalue weighted by atomic mass is 10.2. The summed E-state index contributed by atoms with van der Waals surface area (Å²) in [7, 11) is 0. The van der Waals surface area contributed by atoms with Gasteiger partial charge in [-0.3, -0.25) is 4.79 Å². The Morgan fingerprint density at radius 1 is 1.35 bits per heavy atom. The molecule has 17 heavy (non-hydrogen) atoms. The average molecular weight is 311 g/mol. The van der Waals surface area contributed by atoms with Crippen LogP contribution in [0.1, 0.15) is 15.2 Å². The molecule has 0 atom stereocenters. The van der Waals surface area contributed by atoms with Gasteiger partial charge < -0.3 is 11.1 Å². The molecule has 0 unspecified atom stereocenters. The molecule has 2 aromatic rings. The van der Waals surface area contributed by atoms with Crippen LogP contribution in [0.25, 0.3) is 0 Å². The van der Waals surface area contributed by atoms with Crippen molar-refractivity contribution in [3.63, 3.8) is 0 Å². The standard InChI is InChI=1S/C12H11BrN2OS/c1-7-6-8(14)2-3-9(7)15-12(16)10-4-5-11(13)17-10/h2-6H,14H2,1H3,(H,15,16). The quantitative estimate of drug-likeness (QED) is 0.832. The largest absolute Gasteiger partial charge is 0.399 e. The summed E-state index contributed by atoms with van der Waals surface area (Å²) < 4.78 is 0.941. The molecule has 2 rings (SSSR count). The van der Waals surface area contributed by atoms with Crippen molar-refractivity contribution in [2.75, 3.05) is 11.1 Å². The minimum atomic E-state index is -0.103. The number of carbonyl (C=O) groups is 1. The van der Waals surface area contributed by atoms with E-state index < -0.39 is 0 Å². The van der Waals surface area contributed by atoms with Crippen molar-refractivity contribution in [3.8, 4) is 0 Å². The molecule has 0 fully saturated rings. The number of hydrogen-bond acceptors (Lipinski definition) is 3. The molecule has 0 aliphatic carbocycles. The maximum absolute atomic E-state index is 11.9. The van der Waals surface area contributed by atoms with Crippen LogP contribution in [0.4, 0.5) is 11.4 Å². The van der Waals surface area contributed by atoms with E-state index in [4.69, 9.17) is 5.73 Å². The normalized spacial score (nSPS) is 10.2. The fourth-order valence-electron chi connectivity index (χ4n) is 1.45. The summed E-state index contributed by atoms with van der Waals surface area (Å²) in [6.07, 6.45) is 0. The second kappa shape index (κ2) is 4.89. The molecule has 0 saturated heterocycles. The van der Waals surface area contributed by atoms with Crippen molar-refractivity contribution < 1.29 is 4.79 Å². The average Bonchev–Trinajstić information content (AvgIpc) is 2.69. The van der Waals surface area contributed by atoms with Crippen molar-refractivity contribution in [1.82, 2.24) is 0 Å². The van der Waals surface area contributed by atoms with Gasteiger partial charge in [0, 0.05) is 11.4 Å². The number of rotatable bonds is 2. The van der Waals surface area contributed by atoms with E-state index in [1.807, 2.05) is 25.1 Å². The number of nitrogens with one attached hydrogen (secondary N) is 1. The highest BCUT2D eigenvalue weighted by Crippen LogP contribution is 2.24. The van der Waals surface area contributed by atoms with Gasteiger partial charge in [0.2, 0.25) is 0 Å². The number of amides is 1. The summed E-state index contributed by atoms with van der Waals surface area (Å²) in [6.45, 7) is 1.91. The van der Waals surface area contributed by atoms with E-state index in [0.29, 0.717) is 10.6 Å². The smallest absolute Gasteiger partial charge is 0.265 e. The lowest BCUT2D eigenvalue weighted by molar-refractivity contribution is 0.103. The van der Waals surface area contributed by atoms with Crippen LogP contribution < -0.4 is 11.1 Å². The van der Waals surface area contributed by atoms with Gasteiger partial charge in [0.15, 0.2) is 0 Å². The molecule has 3 nitrogen and oxygen atoms in total. The van der Waals surface area contributed by atoms with Gasteiger partial charge in [-0.25, -0.2) is 0 Å². The van der Waals surface area contributed by atoms with Crippen molar-refractivity contribution in [2.45, 2.75) is 6.92 Å². The third kappa shape index (κ3) is 2.87. The highest BCUT2D eigenvalue weighted by Gasteiger charge is 2.09. The van der Waals surface area contributed by atoms with E-state index in [1.165, 1.54) is 11.3 Å². The fourth-order valence-corrected chi connectivity index (χ4v) is 2.73. The lowest BCUT2D eigenvalue weighted by Crippen LogP contribution is -2.11. The van der Waals surface area contributed by atoms with Crippen LogP contribution in [-0.2, 0) is 0 Å². The number of anilines is 2. The van der Waals surface area contributed by atoms with E-state index in [2.05, 4.69) is 21.2 Å². The molecular weight excluding hydrogens is 300 g/mol. The van der Waals surface area contributed by atoms with Gasteiger partial charge in [-0.1, -0.05) is 0 Å². The molecule has 1 aromatic heterocycles. The number of nitrogens with two attached hydrogens (primary N) is 1. The highest BCUT2D eigenvalue weighted by molar-refractivity contribution is 9.11. The second-order valence-corrected chi connectivity index (χ2v) is 6.10. The van der Waals surface area contributed by atoms with E-state index in [1.54, 1.807) is 12.1 Å². The minimum absolute atomic E-state index is 0.103. The highest BCUT2D eigenvalue weighted by atomic mass is 79.9. The molecule has 0 aliphatic rings. The van der Waals surface area contributed by atoms with E-state index in [9.17, 15) is 4.79 Å². The van der Waals surface area contributed by atoms with Crippen LogP contribution in [0.5, 0.6) is 0 Å². The van der Waals surface area contributed by atoms with Crippen LogP contribution in [0.3, 0.4) is 0 Å². The zero-order chi connectivity index (χ0) is 12.4. The monoisotopic (exact) mass is 310 g/mol. The first-order valence-corrected chi connectivity index (χ1v) is 6.60. The van der Waals surface area contributed by atoms with Gasteiger partial charge in [-0.2, -0.15) is 0 Å². The summed E-state index contributed by atoms with van der Waals surface area (Å²) in [5.41, 5.74) is 8.09. The topological polar surface area (TPSA) is 55.1 Å². The Morgan fingerprint density at radius 3 is 2.71 bits per heavy atom. The molecule has 0 bridgehead atoms. The molecule has 1 aromatic carbocycles. The van der Waals surface area contributed by atoms with Crippen LogP contribution in [-0.4, -0.2) is 5.91 Å². The van der Waals surface area contributed by atoms with Crippen LogP contribution >= 0.6 is 27.3 Å². The zero-order valence-electron chi connectivity index (χ0n) is 9.16. The Bertz CT molecular complexity index is 565. The maximum Gasteiger partial charge on any atom is 0.265 e. The second-order valence-electron chi connectivity index (χ2n) is 3.63. The Hall–Kier alpha value is -1.33. The summed E-state index contributed by atoms with van der Waals surface area (Å²) >= 11 is 4.74. The van der Waals surface area contributed by atoms with Crippen LogP contribution in [0.2, 0.25) is 0 Å². The molecule has 1 heterocycles. The number of carbonyl (C=O) groups excluding carboxylic acids is 1. The molecule has 3 N–H and O–H groups in total. The SMILES string of the molecule is Cc1cc(N)ccc1NC(=O)c1ccc(Br)s1. The van der Waals surface area contributed by atoms with Gasteiger partial charge in [0.1, 0.15) is 0 Å².